The molecule has 1 aromatic heterocycles. The molecule has 0 spiro atoms. The third-order valence-electron chi connectivity index (χ3n) is 3.86. The normalized spacial score (nSPS) is 11.8. The van der Waals surface area contributed by atoms with E-state index in [1.807, 2.05) is 32.0 Å². The molecule has 134 valence electrons. The van der Waals surface area contributed by atoms with E-state index in [0.29, 0.717) is 32.1 Å². The third kappa shape index (κ3) is 3.89. The average Bonchev–Trinajstić information content (AvgIpc) is 2.92. The summed E-state index contributed by atoms with van der Waals surface area (Å²) in [6.07, 6.45) is 0.598. The number of thiophene rings is 1. The van der Waals surface area contributed by atoms with Gasteiger partial charge in [-0.3, -0.25) is 4.79 Å². The summed E-state index contributed by atoms with van der Waals surface area (Å²) in [5.41, 5.74) is 5.10. The van der Waals surface area contributed by atoms with Crippen molar-refractivity contribution in [2.75, 3.05) is 0 Å². The summed E-state index contributed by atoms with van der Waals surface area (Å²) in [6.45, 7) is 3.94. The Kier molecular flexibility index (Phi) is 5.88. The van der Waals surface area contributed by atoms with Gasteiger partial charge in [0.25, 0.3) is 5.91 Å². The number of aryl methyl sites for hydroxylation is 1. The minimum absolute atomic E-state index is 0.343. The Morgan fingerprint density at radius 1 is 1.15 bits per heavy atom. The second kappa shape index (κ2) is 7.97. The predicted octanol–water partition coefficient (Wildman–Crippen LogP) is 6.71. The van der Waals surface area contributed by atoms with Gasteiger partial charge in [-0.25, -0.2) is 5.43 Å². The molecule has 0 aliphatic carbocycles. The summed E-state index contributed by atoms with van der Waals surface area (Å²) in [5, 5.41) is 6.59. The maximum Gasteiger partial charge on any atom is 0.283 e. The van der Waals surface area contributed by atoms with Crippen LogP contribution in [0.15, 0.2) is 41.5 Å². The van der Waals surface area contributed by atoms with E-state index < -0.39 is 0 Å². The van der Waals surface area contributed by atoms with E-state index in [1.165, 1.54) is 11.3 Å². The van der Waals surface area contributed by atoms with Crippen molar-refractivity contribution < 1.29 is 4.79 Å². The molecule has 1 amide bonds. The van der Waals surface area contributed by atoms with Crippen molar-refractivity contribution in [1.29, 1.82) is 0 Å². The predicted molar refractivity (Wildman–Crippen MR) is 112 cm³/mol. The number of hydrogen-bond donors (Lipinski definition) is 1. The highest BCUT2D eigenvalue weighted by Crippen LogP contribution is 2.35. The topological polar surface area (TPSA) is 41.5 Å². The molecular weight excluding hydrogens is 411 g/mol. The van der Waals surface area contributed by atoms with Gasteiger partial charge >= 0.3 is 0 Å². The highest BCUT2D eigenvalue weighted by Gasteiger charge is 2.17. The zero-order valence-corrected chi connectivity index (χ0v) is 17.2. The van der Waals surface area contributed by atoms with E-state index in [0.717, 1.165) is 21.2 Å². The fourth-order valence-corrected chi connectivity index (χ4v) is 4.56. The Bertz CT molecular complexity index is 1030. The van der Waals surface area contributed by atoms with Crippen molar-refractivity contribution >= 4 is 67.8 Å². The second-order valence-corrected chi connectivity index (χ2v) is 8.00. The summed E-state index contributed by atoms with van der Waals surface area (Å²) in [5.74, 6) is -0.343. The Balaban J connectivity index is 1.89. The Morgan fingerprint density at radius 2 is 1.92 bits per heavy atom. The van der Waals surface area contributed by atoms with Gasteiger partial charge in [-0.05, 0) is 37.1 Å². The number of nitrogens with zero attached hydrogens (tertiary/aromatic N) is 1. The summed E-state index contributed by atoms with van der Waals surface area (Å²) < 4.78 is 0.973. The number of amides is 1. The van der Waals surface area contributed by atoms with Crippen molar-refractivity contribution in [3.63, 3.8) is 0 Å². The highest BCUT2D eigenvalue weighted by atomic mass is 35.5. The van der Waals surface area contributed by atoms with Crippen LogP contribution in [0.1, 0.15) is 34.1 Å². The first-order chi connectivity index (χ1) is 12.4. The van der Waals surface area contributed by atoms with Gasteiger partial charge in [0.15, 0.2) is 0 Å². The van der Waals surface area contributed by atoms with E-state index in [-0.39, 0.29) is 5.91 Å². The number of halogens is 3. The molecule has 0 unspecified atom stereocenters. The van der Waals surface area contributed by atoms with Crippen LogP contribution in [-0.4, -0.2) is 11.6 Å². The van der Waals surface area contributed by atoms with Crippen molar-refractivity contribution in [2.45, 2.75) is 20.3 Å². The van der Waals surface area contributed by atoms with Crippen LogP contribution in [0.4, 0.5) is 0 Å². The lowest BCUT2D eigenvalue weighted by Gasteiger charge is -2.07. The van der Waals surface area contributed by atoms with E-state index in [2.05, 4.69) is 10.5 Å². The maximum atomic E-state index is 12.6. The van der Waals surface area contributed by atoms with Crippen LogP contribution < -0.4 is 5.43 Å². The Hall–Kier alpha value is -1.59. The van der Waals surface area contributed by atoms with E-state index in [9.17, 15) is 4.79 Å². The van der Waals surface area contributed by atoms with Gasteiger partial charge < -0.3 is 0 Å². The quantitative estimate of drug-likeness (QED) is 0.366. The van der Waals surface area contributed by atoms with Gasteiger partial charge in [-0.15, -0.1) is 11.3 Å². The molecule has 0 bridgehead atoms. The molecule has 1 heterocycles. The largest absolute Gasteiger partial charge is 0.283 e. The maximum absolute atomic E-state index is 12.6. The molecule has 3 rings (SSSR count). The van der Waals surface area contributed by atoms with E-state index >= 15 is 0 Å². The van der Waals surface area contributed by atoms with Gasteiger partial charge in [0, 0.05) is 20.7 Å². The number of carbonyl (C=O) groups is 1. The number of hydrogen-bond acceptors (Lipinski definition) is 3. The Labute approximate surface area is 170 Å². The van der Waals surface area contributed by atoms with Crippen molar-refractivity contribution in [3.8, 4) is 0 Å². The molecule has 0 radical (unpaired) electrons. The van der Waals surface area contributed by atoms with Crippen molar-refractivity contribution in [1.82, 2.24) is 5.43 Å². The molecule has 26 heavy (non-hydrogen) atoms. The number of rotatable bonds is 4. The minimum Gasteiger partial charge on any atom is -0.266 e. The highest BCUT2D eigenvalue weighted by molar-refractivity contribution is 7.21. The van der Waals surface area contributed by atoms with Gasteiger partial charge in [0.2, 0.25) is 0 Å². The summed E-state index contributed by atoms with van der Waals surface area (Å²) in [7, 11) is 0. The first-order valence-electron chi connectivity index (χ1n) is 7.91. The lowest BCUT2D eigenvalue weighted by molar-refractivity contribution is 0.0959. The number of hydrazone groups is 1. The standard InChI is InChI=1S/C19H15Cl3N2OS/c1-3-15(12-7-5-11(20)9-14(12)21)23-24-19(25)18-17(22)13-6-4-10(2)8-16(13)26-18/h4-9H,3H2,1-2H3,(H,24,25)/b23-15+. The zero-order valence-electron chi connectivity index (χ0n) is 14.1. The van der Waals surface area contributed by atoms with Crippen LogP contribution >= 0.6 is 46.1 Å². The van der Waals surface area contributed by atoms with Crippen LogP contribution in [0.25, 0.3) is 10.1 Å². The summed E-state index contributed by atoms with van der Waals surface area (Å²) in [4.78, 5) is 13.0. The lowest BCUT2D eigenvalue weighted by Crippen LogP contribution is -2.19. The Morgan fingerprint density at radius 3 is 2.62 bits per heavy atom. The van der Waals surface area contributed by atoms with Crippen molar-refractivity contribution in [2.24, 2.45) is 5.10 Å². The molecule has 0 aliphatic heterocycles. The molecule has 0 fully saturated rings. The molecule has 3 aromatic rings. The van der Waals surface area contributed by atoms with Gasteiger partial charge in [-0.2, -0.15) is 5.10 Å². The fraction of sp³-hybridized carbons (Fsp3) is 0.158. The monoisotopic (exact) mass is 424 g/mol. The lowest BCUT2D eigenvalue weighted by atomic mass is 10.1. The van der Waals surface area contributed by atoms with Gasteiger partial charge in [0.05, 0.1) is 15.8 Å². The molecule has 0 atom stereocenters. The number of nitrogens with one attached hydrogen (secondary N) is 1. The molecule has 7 heteroatoms. The SMILES string of the molecule is CC/C(=N\NC(=O)c1sc2cc(C)ccc2c1Cl)c1ccc(Cl)cc1Cl. The van der Waals surface area contributed by atoms with E-state index in [1.54, 1.807) is 18.2 Å². The van der Waals surface area contributed by atoms with Gasteiger partial charge in [0.1, 0.15) is 4.88 Å². The number of fused-ring (bicyclic) bond motifs is 1. The molecule has 1 N–H and O–H groups in total. The molecule has 0 aliphatic rings. The van der Waals surface area contributed by atoms with Crippen LogP contribution in [-0.2, 0) is 0 Å². The van der Waals surface area contributed by atoms with E-state index in [4.69, 9.17) is 34.8 Å². The van der Waals surface area contributed by atoms with Crippen LogP contribution in [0.5, 0.6) is 0 Å². The summed E-state index contributed by atoms with van der Waals surface area (Å²) in [6, 6.07) is 11.1. The first kappa shape index (κ1) is 19.2. The molecule has 2 aromatic carbocycles. The second-order valence-electron chi connectivity index (χ2n) is 5.72. The minimum atomic E-state index is -0.343. The molecular formula is C19H15Cl3N2OS. The average molecular weight is 426 g/mol. The molecule has 3 nitrogen and oxygen atoms in total. The fourth-order valence-electron chi connectivity index (χ4n) is 2.54. The number of carbonyl (C=O) groups excluding carboxylic acids is 1. The summed E-state index contributed by atoms with van der Waals surface area (Å²) >= 11 is 19.9. The molecule has 0 saturated carbocycles. The van der Waals surface area contributed by atoms with Crippen molar-refractivity contribution in [3.05, 3.63) is 67.5 Å². The zero-order chi connectivity index (χ0) is 18.8. The third-order valence-corrected chi connectivity index (χ3v) is 6.06. The van der Waals surface area contributed by atoms with Crippen LogP contribution in [0.2, 0.25) is 15.1 Å². The first-order valence-corrected chi connectivity index (χ1v) is 9.86. The molecule has 0 saturated heterocycles. The smallest absolute Gasteiger partial charge is 0.266 e. The van der Waals surface area contributed by atoms with Crippen LogP contribution in [0, 0.1) is 6.92 Å². The van der Waals surface area contributed by atoms with Crippen LogP contribution in [0.3, 0.4) is 0 Å². The van der Waals surface area contributed by atoms with Gasteiger partial charge in [-0.1, -0.05) is 59.9 Å². The number of benzene rings is 2.